The molecule has 4 rings (SSSR count). The Morgan fingerprint density at radius 2 is 1.66 bits per heavy atom. The fourth-order valence-corrected chi connectivity index (χ4v) is 4.10. The number of hydrogen-bond acceptors (Lipinski definition) is 3. The van der Waals surface area contributed by atoms with Crippen LogP contribution in [0, 0.1) is 0 Å². The van der Waals surface area contributed by atoms with E-state index in [0.29, 0.717) is 31.7 Å². The van der Waals surface area contributed by atoms with Crippen LogP contribution in [-0.2, 0) is 6.54 Å². The molecule has 1 aliphatic rings. The van der Waals surface area contributed by atoms with Gasteiger partial charge in [-0.2, -0.15) is 0 Å². The number of anilines is 1. The van der Waals surface area contributed by atoms with Gasteiger partial charge in [0.25, 0.3) is 5.91 Å². The lowest BCUT2D eigenvalue weighted by molar-refractivity contribution is 0.0672. The van der Waals surface area contributed by atoms with Crippen LogP contribution in [0.1, 0.15) is 16.8 Å². The van der Waals surface area contributed by atoms with Crippen molar-refractivity contribution in [1.82, 2.24) is 19.3 Å². The smallest absolute Gasteiger partial charge is 0.321 e. The van der Waals surface area contributed by atoms with Crippen LogP contribution in [0.15, 0.2) is 60.8 Å². The summed E-state index contributed by atoms with van der Waals surface area (Å²) in [6.07, 6.45) is 3.18. The zero-order chi connectivity index (χ0) is 22.5. The van der Waals surface area contributed by atoms with Gasteiger partial charge >= 0.3 is 6.03 Å². The van der Waals surface area contributed by atoms with Crippen molar-refractivity contribution in [3.63, 3.8) is 0 Å². The number of urea groups is 1. The standard InChI is InChI=1S/C25H31N5O2/c1-27(2)12-6-13-28-14-11-20-19-21(9-10-23(20)28)24(31)29-15-17-30(18-16-29)25(32)26-22-7-4-3-5-8-22/h3-5,7-11,14,19H,6,12-13,15-18H2,1-2H3,(H,26,32). The SMILES string of the molecule is CN(C)CCCn1ccc2cc(C(=O)N3CCN(C(=O)Nc4ccccc4)CC3)ccc21. The molecule has 0 radical (unpaired) electrons. The molecule has 0 saturated carbocycles. The van der Waals surface area contributed by atoms with Gasteiger partial charge < -0.3 is 24.6 Å². The summed E-state index contributed by atoms with van der Waals surface area (Å²) >= 11 is 0. The van der Waals surface area contributed by atoms with Gasteiger partial charge in [0.1, 0.15) is 0 Å². The van der Waals surface area contributed by atoms with Gasteiger partial charge in [0.05, 0.1) is 0 Å². The Labute approximate surface area is 189 Å². The maximum Gasteiger partial charge on any atom is 0.321 e. The van der Waals surface area contributed by atoms with Crippen LogP contribution in [0.3, 0.4) is 0 Å². The Hall–Kier alpha value is -3.32. The highest BCUT2D eigenvalue weighted by atomic mass is 16.2. The predicted molar refractivity (Wildman–Crippen MR) is 128 cm³/mol. The minimum Gasteiger partial charge on any atom is -0.347 e. The first-order valence-corrected chi connectivity index (χ1v) is 11.1. The van der Waals surface area contributed by atoms with E-state index in [-0.39, 0.29) is 11.9 Å². The molecule has 7 heteroatoms. The molecule has 0 atom stereocenters. The molecule has 1 saturated heterocycles. The second-order valence-corrected chi connectivity index (χ2v) is 8.51. The molecule has 1 aromatic heterocycles. The number of benzene rings is 2. The number of rotatable bonds is 6. The zero-order valence-corrected chi connectivity index (χ0v) is 18.8. The first kappa shape index (κ1) is 21.9. The van der Waals surface area contributed by atoms with E-state index in [9.17, 15) is 9.59 Å². The minimum absolute atomic E-state index is 0.0235. The number of carbonyl (C=O) groups is 2. The van der Waals surface area contributed by atoms with Crippen molar-refractivity contribution < 1.29 is 9.59 Å². The van der Waals surface area contributed by atoms with Crippen LogP contribution in [-0.4, -0.2) is 78.0 Å². The summed E-state index contributed by atoms with van der Waals surface area (Å²) in [5, 5.41) is 3.99. The average Bonchev–Trinajstić information content (AvgIpc) is 3.21. The van der Waals surface area contributed by atoms with E-state index in [1.54, 1.807) is 4.90 Å². The number of amides is 3. The Morgan fingerprint density at radius 1 is 0.938 bits per heavy atom. The molecular formula is C25H31N5O2. The largest absolute Gasteiger partial charge is 0.347 e. The van der Waals surface area contributed by atoms with Crippen LogP contribution in [0.2, 0.25) is 0 Å². The van der Waals surface area contributed by atoms with E-state index in [2.05, 4.69) is 41.1 Å². The number of piperazine rings is 1. The van der Waals surface area contributed by atoms with Gasteiger partial charge in [-0.05, 0) is 63.5 Å². The Kier molecular flexibility index (Phi) is 6.75. The van der Waals surface area contributed by atoms with Crippen molar-refractivity contribution in [3.8, 4) is 0 Å². The molecule has 0 aliphatic carbocycles. The van der Waals surface area contributed by atoms with E-state index in [1.165, 1.54) is 0 Å². The van der Waals surface area contributed by atoms with Gasteiger partial charge in [-0.1, -0.05) is 18.2 Å². The summed E-state index contributed by atoms with van der Waals surface area (Å²) in [5.74, 6) is 0.0235. The Balaban J connectivity index is 1.34. The van der Waals surface area contributed by atoms with Gasteiger partial charge in [-0.25, -0.2) is 4.79 Å². The molecule has 0 spiro atoms. The van der Waals surface area contributed by atoms with Gasteiger partial charge in [-0.3, -0.25) is 4.79 Å². The molecule has 1 N–H and O–H groups in total. The Morgan fingerprint density at radius 3 is 2.38 bits per heavy atom. The minimum atomic E-state index is -0.125. The lowest BCUT2D eigenvalue weighted by Crippen LogP contribution is -2.51. The maximum absolute atomic E-state index is 13.1. The number of para-hydroxylation sites is 1. The molecule has 168 valence electrons. The third-order valence-electron chi connectivity index (χ3n) is 5.90. The van der Waals surface area contributed by atoms with Gasteiger partial charge in [0.15, 0.2) is 0 Å². The van der Waals surface area contributed by atoms with E-state index < -0.39 is 0 Å². The molecule has 2 aromatic carbocycles. The first-order valence-electron chi connectivity index (χ1n) is 11.1. The third-order valence-corrected chi connectivity index (χ3v) is 5.90. The normalized spacial score (nSPS) is 14.2. The summed E-state index contributed by atoms with van der Waals surface area (Å²) in [4.78, 5) is 31.3. The molecule has 32 heavy (non-hydrogen) atoms. The van der Waals surface area contributed by atoms with Crippen molar-refractivity contribution in [2.24, 2.45) is 0 Å². The second kappa shape index (κ2) is 9.87. The van der Waals surface area contributed by atoms with Crippen molar-refractivity contribution in [2.45, 2.75) is 13.0 Å². The predicted octanol–water partition coefficient (Wildman–Crippen LogP) is 3.58. The molecule has 3 amide bonds. The molecule has 7 nitrogen and oxygen atoms in total. The molecule has 2 heterocycles. The lowest BCUT2D eigenvalue weighted by Gasteiger charge is -2.34. The van der Waals surface area contributed by atoms with Crippen molar-refractivity contribution >= 4 is 28.5 Å². The first-order chi connectivity index (χ1) is 15.5. The monoisotopic (exact) mass is 433 g/mol. The van der Waals surface area contributed by atoms with Crippen LogP contribution in [0.25, 0.3) is 10.9 Å². The number of nitrogens with zero attached hydrogens (tertiary/aromatic N) is 4. The summed E-state index contributed by atoms with van der Waals surface area (Å²) < 4.78 is 2.25. The molecule has 1 aliphatic heterocycles. The van der Waals surface area contributed by atoms with Crippen molar-refractivity contribution in [2.75, 3.05) is 52.1 Å². The quantitative estimate of drug-likeness (QED) is 0.646. The van der Waals surface area contributed by atoms with Gasteiger partial charge in [0.2, 0.25) is 0 Å². The molecule has 1 fully saturated rings. The fourth-order valence-electron chi connectivity index (χ4n) is 4.10. The van der Waals surface area contributed by atoms with Crippen molar-refractivity contribution in [3.05, 3.63) is 66.4 Å². The van der Waals surface area contributed by atoms with E-state index in [0.717, 1.165) is 36.1 Å². The van der Waals surface area contributed by atoms with E-state index >= 15 is 0 Å². The lowest BCUT2D eigenvalue weighted by atomic mass is 10.1. The third kappa shape index (κ3) is 5.11. The summed E-state index contributed by atoms with van der Waals surface area (Å²) in [6.45, 7) is 4.12. The average molecular weight is 434 g/mol. The molecule has 0 unspecified atom stereocenters. The molecule has 3 aromatic rings. The van der Waals surface area contributed by atoms with Crippen LogP contribution in [0.5, 0.6) is 0 Å². The highest BCUT2D eigenvalue weighted by Crippen LogP contribution is 2.20. The van der Waals surface area contributed by atoms with Crippen LogP contribution >= 0.6 is 0 Å². The maximum atomic E-state index is 13.1. The zero-order valence-electron chi connectivity index (χ0n) is 18.8. The van der Waals surface area contributed by atoms with Gasteiger partial charge in [-0.15, -0.1) is 0 Å². The highest BCUT2D eigenvalue weighted by molar-refractivity contribution is 5.98. The molecule has 0 bridgehead atoms. The number of aromatic nitrogens is 1. The topological polar surface area (TPSA) is 60.8 Å². The van der Waals surface area contributed by atoms with Crippen LogP contribution < -0.4 is 5.32 Å². The number of carbonyl (C=O) groups excluding carboxylic acids is 2. The highest BCUT2D eigenvalue weighted by Gasteiger charge is 2.25. The van der Waals surface area contributed by atoms with E-state index in [1.807, 2.05) is 53.4 Å². The van der Waals surface area contributed by atoms with Gasteiger partial charge in [0, 0.05) is 61.1 Å². The fraction of sp³-hybridized carbons (Fsp3) is 0.360. The second-order valence-electron chi connectivity index (χ2n) is 8.51. The summed E-state index contributed by atoms with van der Waals surface area (Å²) in [6, 6.07) is 17.3. The van der Waals surface area contributed by atoms with Crippen molar-refractivity contribution in [1.29, 1.82) is 0 Å². The number of aryl methyl sites for hydroxylation is 1. The summed E-state index contributed by atoms with van der Waals surface area (Å²) in [7, 11) is 4.17. The number of fused-ring (bicyclic) bond motifs is 1. The number of nitrogens with one attached hydrogen (secondary N) is 1. The molecular weight excluding hydrogens is 402 g/mol. The van der Waals surface area contributed by atoms with Crippen LogP contribution in [0.4, 0.5) is 10.5 Å². The summed E-state index contributed by atoms with van der Waals surface area (Å²) in [5.41, 5.74) is 2.63. The number of hydrogen-bond donors (Lipinski definition) is 1. The Bertz CT molecular complexity index is 1070. The van der Waals surface area contributed by atoms with E-state index in [4.69, 9.17) is 0 Å².